The van der Waals surface area contributed by atoms with Crippen LogP contribution in [0.25, 0.3) is 0 Å². The fourth-order valence-electron chi connectivity index (χ4n) is 2.73. The zero-order valence-electron chi connectivity index (χ0n) is 12.6. The van der Waals surface area contributed by atoms with Crippen molar-refractivity contribution >= 4 is 17.3 Å². The van der Waals surface area contributed by atoms with E-state index in [4.69, 9.17) is 0 Å². The Morgan fingerprint density at radius 1 is 1.13 bits per heavy atom. The molecular weight excluding hydrogens is 296 g/mol. The lowest BCUT2D eigenvalue weighted by atomic mass is 10.2. The fraction of sp³-hybridized carbons (Fsp3) is 0.312. The molecule has 1 aromatic heterocycles. The number of rotatable bonds is 4. The van der Waals surface area contributed by atoms with Gasteiger partial charge in [-0.05, 0) is 25.0 Å². The minimum atomic E-state index is -0.597. The van der Waals surface area contributed by atoms with Gasteiger partial charge in [-0.25, -0.2) is 4.79 Å². The van der Waals surface area contributed by atoms with Crippen LogP contribution in [0.5, 0.6) is 0 Å². The maximum Gasteiger partial charge on any atom is 0.328 e. The van der Waals surface area contributed by atoms with E-state index in [-0.39, 0.29) is 12.5 Å². The van der Waals surface area contributed by atoms with Gasteiger partial charge < -0.3 is 10.2 Å². The van der Waals surface area contributed by atoms with E-state index in [0.29, 0.717) is 0 Å². The van der Waals surface area contributed by atoms with E-state index < -0.39 is 11.2 Å². The highest BCUT2D eigenvalue weighted by atomic mass is 16.2. The van der Waals surface area contributed by atoms with E-state index in [2.05, 4.69) is 15.2 Å². The molecule has 0 aliphatic carbocycles. The third-order valence-corrected chi connectivity index (χ3v) is 3.84. The van der Waals surface area contributed by atoms with Gasteiger partial charge in [-0.2, -0.15) is 0 Å². The number of aromatic amines is 1. The molecule has 1 saturated heterocycles. The van der Waals surface area contributed by atoms with Crippen molar-refractivity contribution in [3.63, 3.8) is 0 Å². The van der Waals surface area contributed by atoms with Crippen LogP contribution in [0.3, 0.4) is 0 Å². The van der Waals surface area contributed by atoms with Crippen LogP contribution in [0.2, 0.25) is 0 Å². The Labute approximate surface area is 132 Å². The van der Waals surface area contributed by atoms with Crippen molar-refractivity contribution in [2.75, 3.05) is 23.3 Å². The van der Waals surface area contributed by atoms with Gasteiger partial charge in [-0.15, -0.1) is 0 Å². The van der Waals surface area contributed by atoms with E-state index in [1.165, 1.54) is 12.3 Å². The topological polar surface area (TPSA) is 87.2 Å². The molecule has 23 heavy (non-hydrogen) atoms. The Hall–Kier alpha value is -2.83. The van der Waals surface area contributed by atoms with Crippen LogP contribution in [0, 0.1) is 0 Å². The summed E-state index contributed by atoms with van der Waals surface area (Å²) in [4.78, 5) is 39.2. The first kappa shape index (κ1) is 15.1. The van der Waals surface area contributed by atoms with Crippen LogP contribution in [-0.4, -0.2) is 28.5 Å². The summed E-state index contributed by atoms with van der Waals surface area (Å²) in [7, 11) is 0. The summed E-state index contributed by atoms with van der Waals surface area (Å²) in [5, 5.41) is 2.85. The molecule has 1 fully saturated rings. The van der Waals surface area contributed by atoms with E-state index >= 15 is 0 Å². The van der Waals surface area contributed by atoms with Crippen molar-refractivity contribution in [3.05, 3.63) is 57.4 Å². The van der Waals surface area contributed by atoms with Gasteiger partial charge in [0.15, 0.2) is 0 Å². The highest BCUT2D eigenvalue weighted by molar-refractivity contribution is 5.94. The van der Waals surface area contributed by atoms with Crippen molar-refractivity contribution in [1.82, 2.24) is 9.55 Å². The summed E-state index contributed by atoms with van der Waals surface area (Å²) >= 11 is 0. The van der Waals surface area contributed by atoms with Crippen LogP contribution < -0.4 is 21.5 Å². The number of benzene rings is 1. The fourth-order valence-corrected chi connectivity index (χ4v) is 2.73. The summed E-state index contributed by atoms with van der Waals surface area (Å²) in [5.74, 6) is -0.314. The Kier molecular flexibility index (Phi) is 4.27. The number of hydrogen-bond acceptors (Lipinski definition) is 4. The molecule has 1 aromatic carbocycles. The second-order valence-corrected chi connectivity index (χ2v) is 5.50. The van der Waals surface area contributed by atoms with E-state index in [0.717, 1.165) is 41.9 Å². The molecule has 0 spiro atoms. The molecule has 0 radical (unpaired) electrons. The second-order valence-electron chi connectivity index (χ2n) is 5.50. The third kappa shape index (κ3) is 3.50. The summed E-state index contributed by atoms with van der Waals surface area (Å²) in [6.07, 6.45) is 3.61. The van der Waals surface area contributed by atoms with Gasteiger partial charge >= 0.3 is 5.69 Å². The molecule has 120 valence electrons. The molecule has 1 aliphatic rings. The number of para-hydroxylation sites is 2. The lowest BCUT2D eigenvalue weighted by molar-refractivity contribution is -0.116. The van der Waals surface area contributed by atoms with Crippen molar-refractivity contribution in [2.45, 2.75) is 19.4 Å². The van der Waals surface area contributed by atoms with Crippen molar-refractivity contribution in [3.8, 4) is 0 Å². The van der Waals surface area contributed by atoms with Crippen molar-refractivity contribution in [1.29, 1.82) is 0 Å². The molecule has 3 rings (SSSR count). The first-order valence-corrected chi connectivity index (χ1v) is 7.57. The predicted molar refractivity (Wildman–Crippen MR) is 87.8 cm³/mol. The minimum absolute atomic E-state index is 0.149. The molecule has 0 unspecified atom stereocenters. The lowest BCUT2D eigenvalue weighted by Crippen LogP contribution is -2.32. The Morgan fingerprint density at radius 2 is 1.87 bits per heavy atom. The zero-order valence-corrected chi connectivity index (χ0v) is 12.6. The molecule has 7 nitrogen and oxygen atoms in total. The van der Waals surface area contributed by atoms with Gasteiger partial charge in [0, 0.05) is 25.4 Å². The molecule has 0 saturated carbocycles. The highest BCUT2D eigenvalue weighted by Gasteiger charge is 2.16. The molecule has 0 atom stereocenters. The highest BCUT2D eigenvalue weighted by Crippen LogP contribution is 2.28. The number of carbonyl (C=O) groups excluding carboxylic acids is 1. The Balaban J connectivity index is 1.75. The van der Waals surface area contributed by atoms with Gasteiger partial charge in [0.1, 0.15) is 6.54 Å². The van der Waals surface area contributed by atoms with Crippen LogP contribution in [-0.2, 0) is 11.3 Å². The lowest BCUT2D eigenvalue weighted by Gasteiger charge is -2.21. The normalized spacial score (nSPS) is 14.0. The van der Waals surface area contributed by atoms with Crippen LogP contribution in [0.4, 0.5) is 11.4 Å². The average Bonchev–Trinajstić information content (AvgIpc) is 3.05. The minimum Gasteiger partial charge on any atom is -0.370 e. The van der Waals surface area contributed by atoms with Crippen molar-refractivity contribution < 1.29 is 4.79 Å². The SMILES string of the molecule is O=C(Cn1ccc(=O)[nH]c1=O)Nc1ccccc1N1CCCC1. The quantitative estimate of drug-likeness (QED) is 0.873. The molecule has 1 aliphatic heterocycles. The summed E-state index contributed by atoms with van der Waals surface area (Å²) in [5.41, 5.74) is 0.649. The van der Waals surface area contributed by atoms with E-state index in [1.807, 2.05) is 24.3 Å². The number of nitrogens with one attached hydrogen (secondary N) is 2. The average molecular weight is 314 g/mol. The first-order chi connectivity index (χ1) is 11.1. The third-order valence-electron chi connectivity index (χ3n) is 3.84. The number of anilines is 2. The molecule has 1 amide bonds. The smallest absolute Gasteiger partial charge is 0.328 e. The Morgan fingerprint density at radius 3 is 2.61 bits per heavy atom. The number of amides is 1. The molecule has 0 bridgehead atoms. The maximum absolute atomic E-state index is 12.2. The summed E-state index contributed by atoms with van der Waals surface area (Å²) < 4.78 is 1.16. The number of carbonyl (C=O) groups is 1. The van der Waals surface area contributed by atoms with E-state index in [1.54, 1.807) is 0 Å². The zero-order chi connectivity index (χ0) is 16.2. The second kappa shape index (κ2) is 6.51. The Bertz CT molecular complexity index is 818. The molecular formula is C16H18N4O3. The number of H-pyrrole nitrogens is 1. The molecule has 7 heteroatoms. The number of aromatic nitrogens is 2. The van der Waals surface area contributed by atoms with Crippen LogP contribution in [0.1, 0.15) is 12.8 Å². The van der Waals surface area contributed by atoms with Crippen LogP contribution >= 0.6 is 0 Å². The largest absolute Gasteiger partial charge is 0.370 e. The molecule has 2 aromatic rings. The summed E-state index contributed by atoms with van der Waals surface area (Å²) in [6.45, 7) is 1.81. The molecule has 2 heterocycles. The number of hydrogen-bond donors (Lipinski definition) is 2. The first-order valence-electron chi connectivity index (χ1n) is 7.57. The van der Waals surface area contributed by atoms with Gasteiger partial charge in [0.25, 0.3) is 5.56 Å². The van der Waals surface area contributed by atoms with Gasteiger partial charge in [0.2, 0.25) is 5.91 Å². The predicted octanol–water partition coefficient (Wildman–Crippen LogP) is 0.775. The number of nitrogens with zero attached hydrogens (tertiary/aromatic N) is 2. The molecule has 2 N–H and O–H groups in total. The summed E-state index contributed by atoms with van der Waals surface area (Å²) in [6, 6.07) is 8.85. The standard InChI is InChI=1S/C16H18N4O3/c21-14-7-10-20(16(23)18-14)11-15(22)17-12-5-1-2-6-13(12)19-8-3-4-9-19/h1-2,5-7,10H,3-4,8-9,11H2,(H,17,22)(H,18,21,23). The maximum atomic E-state index is 12.2. The van der Waals surface area contributed by atoms with Gasteiger partial charge in [0.05, 0.1) is 11.4 Å². The van der Waals surface area contributed by atoms with Gasteiger partial charge in [-0.3, -0.25) is 19.1 Å². The van der Waals surface area contributed by atoms with Gasteiger partial charge in [-0.1, -0.05) is 12.1 Å². The van der Waals surface area contributed by atoms with Crippen LogP contribution in [0.15, 0.2) is 46.1 Å². The van der Waals surface area contributed by atoms with Crippen molar-refractivity contribution in [2.24, 2.45) is 0 Å². The van der Waals surface area contributed by atoms with E-state index in [9.17, 15) is 14.4 Å². The monoisotopic (exact) mass is 314 g/mol.